The first-order valence-corrected chi connectivity index (χ1v) is 51.3. The topological polar surface area (TPSA) is 342 Å². The Morgan fingerprint density at radius 2 is 0.701 bits per heavy atom. The van der Waals surface area contributed by atoms with Crippen molar-refractivity contribution in [3.05, 3.63) is 287 Å². The number of hydrogen-bond acceptors (Lipinski definition) is 19. The first-order chi connectivity index (χ1) is 69.3. The number of Topliss-reactive ketones (excluding diaryl/α,β-unsaturated/α-hetero) is 3. The van der Waals surface area contributed by atoms with Crippen LogP contribution in [-0.2, 0) is 66.8 Å². The molecule has 0 bridgehead atoms. The smallest absolute Gasteiger partial charge is 0.308 e. The number of hydrogen-bond donors (Lipinski definition) is 5. The number of halogens is 1. The number of methoxy groups -OCH3 is 4. The second-order valence-corrected chi connectivity index (χ2v) is 37.4. The standard InChI is InChI=1S/C15H20O2.2C15H18O2.3C14H16O2.C11H15NO.C10H16O4.C9H15NO.C2H4O2.CH4O.ClH/c3*1-17-15(16)14-9-5-8-13(10-11-14)12-6-3-2-4-7-12;15-13-8-4-7-12(13)9-10-14(16)11-5-2-1-3-6-11;2*15-14(16)13-8-4-7-12(9-10-13)11-5-2-1-3-6-11;1-12(2)9-8-11(13)10-6-4-3-5-7-10;1-14-10(13)8-4-2-3-7(5-6-8)9(11)12;1-2-4-9(3-1)10-5-7-11-8-6-10;1-2(3)4;1-2;/h2-4,6-7,13-14H,5,8-11H2,1H3;2-4,6-7,10,14H,5,8-9,11H2,1H3;2-4,6-8,14H,5,9-11H2,1H3;1-3,5-6,12H,4,7-10H2;1-3,5-6,9,13H,4,7-8,10H2,(H,15,16);1-3,5-7,13H,4,8-10H2,(H,15,16);3-7H,8-9H2,1-2H3;7-8H,2-6H2,1H3,(H,11,12);3H,1-2,4-8H2;1H3,(H,3,4);2H,1H3;1H. The van der Waals surface area contributed by atoms with Gasteiger partial charge in [0.2, 0.25) is 0 Å². The lowest BCUT2D eigenvalue weighted by Gasteiger charge is -2.29. The fourth-order valence-electron chi connectivity index (χ4n) is 18.9. The minimum absolute atomic E-state index is 0. The van der Waals surface area contributed by atoms with E-state index in [-0.39, 0.29) is 95.2 Å². The molecule has 0 spiro atoms. The van der Waals surface area contributed by atoms with Crippen LogP contribution in [0.2, 0.25) is 0 Å². The Hall–Kier alpha value is -12.0. The number of ketones is 3. The van der Waals surface area contributed by atoms with Gasteiger partial charge >= 0.3 is 41.8 Å². The first kappa shape index (κ1) is 122. The molecule has 5 N–H and O–H groups in total. The molecule has 1 aliphatic heterocycles. The molecule has 7 aromatic rings. The van der Waals surface area contributed by atoms with Crippen LogP contribution in [0, 0.1) is 47.3 Å². The van der Waals surface area contributed by atoms with E-state index in [0.29, 0.717) is 56.6 Å². The first-order valence-electron chi connectivity index (χ1n) is 51.3. The highest BCUT2D eigenvalue weighted by atomic mass is 35.5. The predicted octanol–water partition coefficient (Wildman–Crippen LogP) is 24.9. The van der Waals surface area contributed by atoms with Crippen LogP contribution in [0.1, 0.15) is 286 Å². The number of carbonyl (C=O) groups excluding carboxylic acids is 7. The number of carbonyl (C=O) groups is 11. The van der Waals surface area contributed by atoms with Crippen molar-refractivity contribution in [1.82, 2.24) is 9.80 Å². The van der Waals surface area contributed by atoms with Crippen molar-refractivity contribution in [2.75, 3.05) is 82.5 Å². The number of allylic oxidation sites excluding steroid dienone is 10. The lowest BCUT2D eigenvalue weighted by molar-refractivity contribution is -0.147. The Morgan fingerprint density at radius 1 is 0.354 bits per heavy atom. The zero-order chi connectivity index (χ0) is 104. The van der Waals surface area contributed by atoms with E-state index in [2.05, 4.69) is 143 Å². The molecule has 24 heteroatoms. The number of carboxylic acids is 4. The lowest BCUT2D eigenvalue weighted by Crippen LogP contribution is -2.35. The molecule has 0 aromatic heterocycles. The largest absolute Gasteiger partial charge is 0.481 e. The lowest BCUT2D eigenvalue weighted by atomic mass is 9.91. The Morgan fingerprint density at radius 3 is 1.12 bits per heavy atom. The van der Waals surface area contributed by atoms with E-state index >= 15 is 0 Å². The van der Waals surface area contributed by atoms with Crippen LogP contribution in [0.5, 0.6) is 0 Å². The van der Waals surface area contributed by atoms with Crippen LogP contribution in [0.4, 0.5) is 0 Å². The molecule has 1 saturated heterocycles. The van der Waals surface area contributed by atoms with Gasteiger partial charge in [-0.3, -0.25) is 52.7 Å². The van der Waals surface area contributed by atoms with Crippen LogP contribution in [0.15, 0.2) is 248 Å². The highest BCUT2D eigenvalue weighted by Gasteiger charge is 2.31. The number of aliphatic hydroxyl groups excluding tert-OH is 1. The van der Waals surface area contributed by atoms with Crippen LogP contribution in [0.3, 0.4) is 0 Å². The fraction of sp³-hybridized carbons (Fsp3) is 0.475. The number of benzene rings is 7. The summed E-state index contributed by atoms with van der Waals surface area (Å²) in [6.07, 6.45) is 42.7. The number of ether oxygens (including phenoxy) is 5. The van der Waals surface area contributed by atoms with Gasteiger partial charge in [0.05, 0.1) is 83.1 Å². The van der Waals surface area contributed by atoms with Crippen LogP contribution < -0.4 is 0 Å². The SMILES string of the molecule is C1=C(N2CCOCC2)CCC1.CC(=O)O.CN(C)CCC(=O)c1ccccc1.CO.COC(=O)C1CC=C(c2ccccc2)CCC1.COC(=O)C1CCC=C(c2ccccc2)CC1.COC(=O)C1CCCC(C(=O)O)CC1.COC(=O)C1CCCC(c2ccccc2)CC1.Cl.O=C(CCC1CCCC1=O)c1ccccc1.O=C(O)C1CC=C(c2ccccc2)CCC1.O=C(O)C1CCC=C(c2ccccc2)CC1. The summed E-state index contributed by atoms with van der Waals surface area (Å²) >= 11 is 0. The summed E-state index contributed by atoms with van der Waals surface area (Å²) < 4.78 is 24.4. The number of rotatable bonds is 21. The second-order valence-electron chi connectivity index (χ2n) is 37.4. The molecule has 0 radical (unpaired) electrons. The minimum atomic E-state index is -0.833. The zero-order valence-corrected chi connectivity index (χ0v) is 87.0. The summed E-state index contributed by atoms with van der Waals surface area (Å²) in [6.45, 7) is 5.93. The molecule has 1 heterocycles. The van der Waals surface area contributed by atoms with E-state index in [1.54, 1.807) is 5.70 Å². The maximum atomic E-state index is 11.8. The molecule has 3 saturated carbocycles. The van der Waals surface area contributed by atoms with Crippen LogP contribution >= 0.6 is 12.4 Å². The molecule has 9 unspecified atom stereocenters. The van der Waals surface area contributed by atoms with E-state index in [9.17, 15) is 47.9 Å². The van der Waals surface area contributed by atoms with Crippen molar-refractivity contribution in [2.45, 2.75) is 238 Å². The second kappa shape index (κ2) is 72.3. The monoisotopic (exact) mass is 2000 g/mol. The summed E-state index contributed by atoms with van der Waals surface area (Å²) in [6, 6.07) is 70.6. The van der Waals surface area contributed by atoms with Gasteiger partial charge in [-0.05, 0) is 263 Å². The molecule has 0 amide bonds. The summed E-state index contributed by atoms with van der Waals surface area (Å²) in [7, 11) is 10.7. The Bertz CT molecular complexity index is 5040. The highest BCUT2D eigenvalue weighted by molar-refractivity contribution is 5.97. The van der Waals surface area contributed by atoms with Gasteiger partial charge in [-0.1, -0.05) is 256 Å². The third-order valence-electron chi connectivity index (χ3n) is 27.2. The number of carboxylic acid groups (broad SMARTS) is 4. The van der Waals surface area contributed by atoms with Crippen molar-refractivity contribution < 1.29 is 102 Å². The van der Waals surface area contributed by atoms with Gasteiger partial charge < -0.3 is 59.0 Å². The average Bonchev–Trinajstić information content (AvgIpc) is 1.84. The summed E-state index contributed by atoms with van der Waals surface area (Å²) in [5.74, 6) is -2.27. The number of nitrogens with zero attached hydrogens (tertiary/aromatic N) is 2. The molecule has 9 aliphatic rings. The summed E-state index contributed by atoms with van der Waals surface area (Å²) in [5, 5.41) is 41.2. The number of aliphatic hydroxyl groups is 1. The molecule has 16 rings (SSSR count). The van der Waals surface area contributed by atoms with E-state index < -0.39 is 23.9 Å². The summed E-state index contributed by atoms with van der Waals surface area (Å²) in [5.41, 5.74) is 14.9. The molecule has 23 nitrogen and oxygen atoms in total. The van der Waals surface area contributed by atoms with Gasteiger partial charge in [-0.25, -0.2) is 0 Å². The van der Waals surface area contributed by atoms with Gasteiger partial charge in [0.25, 0.3) is 5.97 Å². The molecular formula is C120H159ClN2O21. The quantitative estimate of drug-likeness (QED) is 0.0193. The van der Waals surface area contributed by atoms with E-state index in [0.717, 1.165) is 212 Å². The third-order valence-corrected chi connectivity index (χ3v) is 27.2. The Kier molecular flexibility index (Phi) is 61.5. The van der Waals surface area contributed by atoms with Crippen LogP contribution in [-0.4, -0.2) is 183 Å². The molecule has 8 aliphatic carbocycles. The molecule has 4 fully saturated rings. The van der Waals surface area contributed by atoms with Crippen molar-refractivity contribution in [3.63, 3.8) is 0 Å². The zero-order valence-electron chi connectivity index (χ0n) is 86.1. The fourth-order valence-corrected chi connectivity index (χ4v) is 18.9. The molecule has 7 aromatic carbocycles. The minimum Gasteiger partial charge on any atom is -0.481 e. The molecular weight excluding hydrogens is 1840 g/mol. The highest BCUT2D eigenvalue weighted by Crippen LogP contribution is 2.38. The molecule has 9 atom stereocenters. The molecule has 782 valence electrons. The van der Waals surface area contributed by atoms with E-state index in [4.69, 9.17) is 49.3 Å². The van der Waals surface area contributed by atoms with Gasteiger partial charge in [0.15, 0.2) is 11.6 Å². The van der Waals surface area contributed by atoms with E-state index in [1.807, 2.05) is 128 Å². The number of morpholine rings is 1. The third kappa shape index (κ3) is 47.7. The normalized spacial score (nSPS) is 20.4. The Labute approximate surface area is 861 Å². The average molecular weight is 2000 g/mol. The maximum absolute atomic E-state index is 11.8. The van der Waals surface area contributed by atoms with Gasteiger partial charge in [0, 0.05) is 75.7 Å². The number of aliphatic carboxylic acids is 4. The van der Waals surface area contributed by atoms with Crippen molar-refractivity contribution >= 4 is 99.8 Å². The van der Waals surface area contributed by atoms with Gasteiger partial charge in [0.1, 0.15) is 5.78 Å². The van der Waals surface area contributed by atoms with Gasteiger partial charge in [-0.2, -0.15) is 0 Å². The molecule has 144 heavy (non-hydrogen) atoms. The Balaban J connectivity index is 0.000000283. The number of esters is 4. The maximum Gasteiger partial charge on any atom is 0.308 e. The van der Waals surface area contributed by atoms with Crippen molar-refractivity contribution in [1.29, 1.82) is 0 Å². The van der Waals surface area contributed by atoms with E-state index in [1.165, 1.54) is 104 Å². The van der Waals surface area contributed by atoms with Crippen LogP contribution in [0.25, 0.3) is 22.3 Å². The van der Waals surface area contributed by atoms with Crippen molar-refractivity contribution in [2.24, 2.45) is 47.3 Å². The predicted molar refractivity (Wildman–Crippen MR) is 572 cm³/mol. The van der Waals surface area contributed by atoms with Gasteiger partial charge in [-0.15, -0.1) is 12.4 Å². The van der Waals surface area contributed by atoms with Crippen molar-refractivity contribution in [3.8, 4) is 0 Å². The summed E-state index contributed by atoms with van der Waals surface area (Å²) in [4.78, 5) is 127.